The minimum atomic E-state index is -1.10. The van der Waals surface area contributed by atoms with E-state index in [9.17, 15) is 14.4 Å². The van der Waals surface area contributed by atoms with Gasteiger partial charge in [0.1, 0.15) is 6.04 Å². The molecular weight excluding hydrogens is 236 g/mol. The van der Waals surface area contributed by atoms with Gasteiger partial charge in [-0.25, -0.2) is 0 Å². The lowest BCUT2D eigenvalue weighted by Gasteiger charge is -2.09. The van der Waals surface area contributed by atoms with Crippen molar-refractivity contribution in [2.45, 2.75) is 19.9 Å². The predicted molar refractivity (Wildman–Crippen MR) is 65.3 cm³/mol. The lowest BCUT2D eigenvalue weighted by atomic mass is 10.2. The summed E-state index contributed by atoms with van der Waals surface area (Å²) in [6, 6.07) is 5.21. The summed E-state index contributed by atoms with van der Waals surface area (Å²) in [4.78, 5) is 33.0. The van der Waals surface area contributed by atoms with Crippen molar-refractivity contribution in [3.8, 4) is 0 Å². The molecule has 1 aromatic carbocycles. The summed E-state index contributed by atoms with van der Waals surface area (Å²) in [5.41, 5.74) is 0.905. The molecule has 0 aliphatic heterocycles. The molecule has 0 saturated carbocycles. The van der Waals surface area contributed by atoms with Crippen LogP contribution in [-0.4, -0.2) is 28.9 Å². The largest absolute Gasteiger partial charge is 0.480 e. The monoisotopic (exact) mass is 250 g/mol. The molecule has 6 heteroatoms. The number of aliphatic carboxylic acids is 1. The second-order valence-electron chi connectivity index (χ2n) is 3.79. The summed E-state index contributed by atoms with van der Waals surface area (Å²) in [6.07, 6.45) is 0. The van der Waals surface area contributed by atoms with E-state index < -0.39 is 17.9 Å². The van der Waals surface area contributed by atoms with Crippen LogP contribution in [0.2, 0.25) is 0 Å². The van der Waals surface area contributed by atoms with E-state index in [4.69, 9.17) is 5.11 Å². The molecule has 1 atom stereocenters. The van der Waals surface area contributed by atoms with Crippen LogP contribution in [0, 0.1) is 0 Å². The topological polar surface area (TPSA) is 95.5 Å². The number of hydrogen-bond donors (Lipinski definition) is 3. The Morgan fingerprint density at radius 2 is 1.72 bits per heavy atom. The van der Waals surface area contributed by atoms with E-state index in [2.05, 4.69) is 10.6 Å². The van der Waals surface area contributed by atoms with E-state index in [-0.39, 0.29) is 5.91 Å². The van der Waals surface area contributed by atoms with Gasteiger partial charge in [-0.3, -0.25) is 14.4 Å². The van der Waals surface area contributed by atoms with Gasteiger partial charge in [-0.1, -0.05) is 0 Å². The van der Waals surface area contributed by atoms with Gasteiger partial charge in [-0.05, 0) is 31.2 Å². The molecule has 18 heavy (non-hydrogen) atoms. The number of nitrogens with one attached hydrogen (secondary N) is 2. The van der Waals surface area contributed by atoms with Crippen molar-refractivity contribution in [2.75, 3.05) is 5.32 Å². The normalized spacial score (nSPS) is 11.4. The molecule has 2 amide bonds. The van der Waals surface area contributed by atoms with Crippen molar-refractivity contribution in [3.63, 3.8) is 0 Å². The first kappa shape index (κ1) is 13.7. The average Bonchev–Trinajstić information content (AvgIpc) is 2.28. The first-order valence-corrected chi connectivity index (χ1v) is 5.31. The maximum absolute atomic E-state index is 11.6. The van der Waals surface area contributed by atoms with Crippen molar-refractivity contribution in [1.29, 1.82) is 0 Å². The number of anilines is 1. The molecular formula is C12H14N2O4. The molecule has 0 bridgehead atoms. The van der Waals surface area contributed by atoms with E-state index in [1.807, 2.05) is 0 Å². The van der Waals surface area contributed by atoms with Crippen LogP contribution in [0.3, 0.4) is 0 Å². The summed E-state index contributed by atoms with van der Waals surface area (Å²) >= 11 is 0. The third kappa shape index (κ3) is 3.89. The highest BCUT2D eigenvalue weighted by molar-refractivity contribution is 5.97. The zero-order valence-electron chi connectivity index (χ0n) is 10.1. The Morgan fingerprint density at radius 3 is 2.17 bits per heavy atom. The molecule has 1 aromatic rings. The Hall–Kier alpha value is -2.37. The second-order valence-corrected chi connectivity index (χ2v) is 3.79. The molecule has 6 nitrogen and oxygen atoms in total. The van der Waals surface area contributed by atoms with Gasteiger partial charge in [0.2, 0.25) is 5.91 Å². The van der Waals surface area contributed by atoms with E-state index in [1.54, 1.807) is 12.1 Å². The molecule has 0 aliphatic carbocycles. The van der Waals surface area contributed by atoms with Gasteiger partial charge in [0.05, 0.1) is 0 Å². The highest BCUT2D eigenvalue weighted by Gasteiger charge is 2.14. The molecule has 3 N–H and O–H groups in total. The van der Waals surface area contributed by atoms with Crippen LogP contribution in [0.4, 0.5) is 5.69 Å². The van der Waals surface area contributed by atoms with Gasteiger partial charge in [-0.15, -0.1) is 0 Å². The van der Waals surface area contributed by atoms with Gasteiger partial charge in [0.25, 0.3) is 5.91 Å². The van der Waals surface area contributed by atoms with E-state index >= 15 is 0 Å². The quantitative estimate of drug-likeness (QED) is 0.738. The van der Waals surface area contributed by atoms with Gasteiger partial charge < -0.3 is 15.7 Å². The van der Waals surface area contributed by atoms with Crippen molar-refractivity contribution in [3.05, 3.63) is 29.8 Å². The first-order valence-electron chi connectivity index (χ1n) is 5.31. The van der Waals surface area contributed by atoms with Crippen LogP contribution >= 0.6 is 0 Å². The smallest absolute Gasteiger partial charge is 0.325 e. The van der Waals surface area contributed by atoms with Crippen LogP contribution in [0.1, 0.15) is 24.2 Å². The maximum Gasteiger partial charge on any atom is 0.325 e. The van der Waals surface area contributed by atoms with Crippen LogP contribution in [0.25, 0.3) is 0 Å². The third-order valence-electron chi connectivity index (χ3n) is 2.19. The lowest BCUT2D eigenvalue weighted by molar-refractivity contribution is -0.138. The van der Waals surface area contributed by atoms with E-state index in [1.165, 1.54) is 26.0 Å². The number of carboxylic acid groups (broad SMARTS) is 1. The number of hydrogen-bond acceptors (Lipinski definition) is 3. The fourth-order valence-corrected chi connectivity index (χ4v) is 1.25. The fraction of sp³-hybridized carbons (Fsp3) is 0.250. The first-order chi connectivity index (χ1) is 8.40. The summed E-state index contributed by atoms with van der Waals surface area (Å²) in [5, 5.41) is 13.6. The van der Waals surface area contributed by atoms with Crippen molar-refractivity contribution in [1.82, 2.24) is 5.32 Å². The molecule has 96 valence electrons. The minimum absolute atomic E-state index is 0.202. The van der Waals surface area contributed by atoms with Crippen LogP contribution in [0.5, 0.6) is 0 Å². The molecule has 0 fully saturated rings. The van der Waals surface area contributed by atoms with Gasteiger partial charge >= 0.3 is 5.97 Å². The standard InChI is InChI=1S/C12H14N2O4/c1-7(12(17)18)13-11(16)9-3-5-10(6-4-9)14-8(2)15/h3-7H,1-2H3,(H,13,16)(H,14,15)(H,17,18)/t7-/m1/s1. The highest BCUT2D eigenvalue weighted by Crippen LogP contribution is 2.09. The molecule has 0 radical (unpaired) electrons. The van der Waals surface area contributed by atoms with Crippen molar-refractivity contribution < 1.29 is 19.5 Å². The Kier molecular flexibility index (Phi) is 4.42. The second kappa shape index (κ2) is 5.81. The van der Waals surface area contributed by atoms with Crippen LogP contribution < -0.4 is 10.6 Å². The summed E-state index contributed by atoms with van der Waals surface area (Å²) in [7, 11) is 0. The third-order valence-corrected chi connectivity index (χ3v) is 2.19. The molecule has 0 saturated heterocycles. The Morgan fingerprint density at radius 1 is 1.17 bits per heavy atom. The lowest BCUT2D eigenvalue weighted by Crippen LogP contribution is -2.38. The zero-order valence-corrected chi connectivity index (χ0v) is 10.1. The number of benzene rings is 1. The molecule has 0 aromatic heterocycles. The Bertz CT molecular complexity index is 467. The number of amides is 2. The number of carbonyl (C=O) groups excluding carboxylic acids is 2. The molecule has 0 spiro atoms. The van der Waals surface area contributed by atoms with Gasteiger partial charge in [0, 0.05) is 18.2 Å². The number of rotatable bonds is 4. The highest BCUT2D eigenvalue weighted by atomic mass is 16.4. The summed E-state index contributed by atoms with van der Waals surface area (Å²) in [6.45, 7) is 2.76. The number of carbonyl (C=O) groups is 3. The van der Waals surface area contributed by atoms with Crippen LogP contribution in [0.15, 0.2) is 24.3 Å². The summed E-state index contributed by atoms with van der Waals surface area (Å²) in [5.74, 6) is -1.77. The zero-order chi connectivity index (χ0) is 13.7. The Balaban J connectivity index is 2.70. The van der Waals surface area contributed by atoms with E-state index in [0.717, 1.165) is 0 Å². The Labute approximate surface area is 104 Å². The number of carboxylic acids is 1. The average molecular weight is 250 g/mol. The molecule has 0 unspecified atom stereocenters. The van der Waals surface area contributed by atoms with Crippen molar-refractivity contribution in [2.24, 2.45) is 0 Å². The molecule has 0 aliphatic rings. The van der Waals surface area contributed by atoms with Crippen molar-refractivity contribution >= 4 is 23.5 Å². The summed E-state index contributed by atoms with van der Waals surface area (Å²) < 4.78 is 0. The minimum Gasteiger partial charge on any atom is -0.480 e. The fourth-order valence-electron chi connectivity index (χ4n) is 1.25. The maximum atomic E-state index is 11.6. The molecule has 1 rings (SSSR count). The van der Waals surface area contributed by atoms with Gasteiger partial charge in [0.15, 0.2) is 0 Å². The SMILES string of the molecule is CC(=O)Nc1ccc(C(=O)N[C@H](C)C(=O)O)cc1. The molecule has 0 heterocycles. The van der Waals surface area contributed by atoms with E-state index in [0.29, 0.717) is 11.3 Å². The van der Waals surface area contributed by atoms with Crippen LogP contribution in [-0.2, 0) is 9.59 Å². The van der Waals surface area contributed by atoms with Gasteiger partial charge in [-0.2, -0.15) is 0 Å². The predicted octanol–water partition coefficient (Wildman–Crippen LogP) is 0.848.